The summed E-state index contributed by atoms with van der Waals surface area (Å²) in [5.41, 5.74) is 1.48. The third-order valence-electron chi connectivity index (χ3n) is 2.89. The standard InChI is InChI=1S/C10H14N2/c1-10(4-2-3-5-10)9-8-11-6-7-12-9/h6-8H,2-5H2,1H3. The van der Waals surface area contributed by atoms with Gasteiger partial charge in [-0.25, -0.2) is 0 Å². The second kappa shape index (κ2) is 2.85. The molecule has 1 aliphatic carbocycles. The molecule has 2 rings (SSSR count). The summed E-state index contributed by atoms with van der Waals surface area (Å²) in [6, 6.07) is 0. The lowest BCUT2D eigenvalue weighted by atomic mass is 9.85. The summed E-state index contributed by atoms with van der Waals surface area (Å²) in [7, 11) is 0. The van der Waals surface area contributed by atoms with E-state index in [1.165, 1.54) is 31.4 Å². The Labute approximate surface area is 73.1 Å². The Kier molecular flexibility index (Phi) is 1.83. The third-order valence-corrected chi connectivity index (χ3v) is 2.89. The molecule has 2 nitrogen and oxygen atoms in total. The van der Waals surface area contributed by atoms with Gasteiger partial charge in [-0.3, -0.25) is 9.97 Å². The van der Waals surface area contributed by atoms with Gasteiger partial charge in [-0.05, 0) is 12.8 Å². The maximum atomic E-state index is 4.37. The molecule has 1 aromatic rings. The van der Waals surface area contributed by atoms with E-state index in [-0.39, 0.29) is 0 Å². The van der Waals surface area contributed by atoms with Crippen LogP contribution in [0.1, 0.15) is 38.3 Å². The summed E-state index contributed by atoms with van der Waals surface area (Å²) in [6.07, 6.45) is 10.7. The van der Waals surface area contributed by atoms with Crippen molar-refractivity contribution in [2.24, 2.45) is 0 Å². The summed E-state index contributed by atoms with van der Waals surface area (Å²) in [5.74, 6) is 0. The maximum Gasteiger partial charge on any atom is 0.0645 e. The fraction of sp³-hybridized carbons (Fsp3) is 0.600. The van der Waals surface area contributed by atoms with Crippen molar-refractivity contribution in [1.29, 1.82) is 0 Å². The van der Waals surface area contributed by atoms with E-state index in [1.807, 2.05) is 6.20 Å². The highest BCUT2D eigenvalue weighted by molar-refractivity contribution is 5.13. The van der Waals surface area contributed by atoms with Crippen LogP contribution < -0.4 is 0 Å². The maximum absolute atomic E-state index is 4.37. The molecule has 0 aliphatic heterocycles. The van der Waals surface area contributed by atoms with Crippen LogP contribution >= 0.6 is 0 Å². The lowest BCUT2D eigenvalue weighted by molar-refractivity contribution is 0.473. The van der Waals surface area contributed by atoms with Crippen molar-refractivity contribution < 1.29 is 0 Å². The second-order valence-corrected chi connectivity index (χ2v) is 3.86. The average molecular weight is 162 g/mol. The number of nitrogens with zero attached hydrogens (tertiary/aromatic N) is 2. The third kappa shape index (κ3) is 1.22. The van der Waals surface area contributed by atoms with Crippen molar-refractivity contribution in [3.63, 3.8) is 0 Å². The topological polar surface area (TPSA) is 25.8 Å². The van der Waals surface area contributed by atoms with E-state index in [0.29, 0.717) is 5.41 Å². The van der Waals surface area contributed by atoms with Gasteiger partial charge in [-0.15, -0.1) is 0 Å². The van der Waals surface area contributed by atoms with Gasteiger partial charge >= 0.3 is 0 Å². The van der Waals surface area contributed by atoms with Crippen LogP contribution in [0.15, 0.2) is 18.6 Å². The SMILES string of the molecule is CC1(c2cnccn2)CCCC1. The van der Waals surface area contributed by atoms with Crippen LogP contribution in [0.2, 0.25) is 0 Å². The smallest absolute Gasteiger partial charge is 0.0645 e. The number of rotatable bonds is 1. The minimum absolute atomic E-state index is 0.314. The molecule has 1 aliphatic rings. The lowest BCUT2D eigenvalue weighted by Crippen LogP contribution is -2.18. The second-order valence-electron chi connectivity index (χ2n) is 3.86. The van der Waals surface area contributed by atoms with Gasteiger partial charge in [0.15, 0.2) is 0 Å². The number of aromatic nitrogens is 2. The van der Waals surface area contributed by atoms with Crippen LogP contribution in [-0.4, -0.2) is 9.97 Å². The predicted octanol–water partition coefficient (Wildman–Crippen LogP) is 2.31. The van der Waals surface area contributed by atoms with Crippen molar-refractivity contribution in [3.05, 3.63) is 24.3 Å². The minimum atomic E-state index is 0.314. The van der Waals surface area contributed by atoms with E-state index in [1.54, 1.807) is 12.4 Å². The molecule has 1 saturated carbocycles. The minimum Gasteiger partial charge on any atom is -0.261 e. The van der Waals surface area contributed by atoms with E-state index in [4.69, 9.17) is 0 Å². The molecule has 0 amide bonds. The Hall–Kier alpha value is -0.920. The summed E-state index contributed by atoms with van der Waals surface area (Å²) >= 11 is 0. The molecule has 2 heteroatoms. The predicted molar refractivity (Wildman–Crippen MR) is 47.9 cm³/mol. The van der Waals surface area contributed by atoms with Gasteiger partial charge in [-0.1, -0.05) is 19.8 Å². The zero-order chi connectivity index (χ0) is 8.44. The quantitative estimate of drug-likeness (QED) is 0.633. The number of hydrogen-bond donors (Lipinski definition) is 0. The number of hydrogen-bond acceptors (Lipinski definition) is 2. The largest absolute Gasteiger partial charge is 0.261 e. The van der Waals surface area contributed by atoms with E-state index in [9.17, 15) is 0 Å². The van der Waals surface area contributed by atoms with Crippen LogP contribution in [0, 0.1) is 0 Å². The van der Waals surface area contributed by atoms with Crippen LogP contribution in [-0.2, 0) is 5.41 Å². The molecule has 64 valence electrons. The van der Waals surface area contributed by atoms with Gasteiger partial charge in [0.05, 0.1) is 5.69 Å². The normalized spacial score (nSPS) is 21.1. The Morgan fingerprint density at radius 1 is 1.25 bits per heavy atom. The molecule has 1 aromatic heterocycles. The van der Waals surface area contributed by atoms with Gasteiger partial charge in [0.2, 0.25) is 0 Å². The fourth-order valence-corrected chi connectivity index (χ4v) is 2.02. The van der Waals surface area contributed by atoms with Gasteiger partial charge in [0.1, 0.15) is 0 Å². The average Bonchev–Trinajstić information content (AvgIpc) is 2.55. The van der Waals surface area contributed by atoms with Gasteiger partial charge in [-0.2, -0.15) is 0 Å². The highest BCUT2D eigenvalue weighted by Gasteiger charge is 2.31. The van der Waals surface area contributed by atoms with Crippen molar-refractivity contribution in [2.45, 2.75) is 38.0 Å². The van der Waals surface area contributed by atoms with Crippen LogP contribution in [0.25, 0.3) is 0 Å². The highest BCUT2D eigenvalue weighted by Crippen LogP contribution is 2.38. The van der Waals surface area contributed by atoms with Gasteiger partial charge < -0.3 is 0 Å². The zero-order valence-corrected chi connectivity index (χ0v) is 7.45. The first-order chi connectivity index (χ1) is 5.81. The van der Waals surface area contributed by atoms with Gasteiger partial charge in [0.25, 0.3) is 0 Å². The van der Waals surface area contributed by atoms with Crippen molar-refractivity contribution >= 4 is 0 Å². The summed E-state index contributed by atoms with van der Waals surface area (Å²) in [6.45, 7) is 2.30. The molecule has 1 fully saturated rings. The van der Waals surface area contributed by atoms with Crippen molar-refractivity contribution in [3.8, 4) is 0 Å². The highest BCUT2D eigenvalue weighted by atomic mass is 14.8. The molecule has 12 heavy (non-hydrogen) atoms. The molecule has 0 unspecified atom stereocenters. The van der Waals surface area contributed by atoms with E-state index in [2.05, 4.69) is 16.9 Å². The Morgan fingerprint density at radius 3 is 2.58 bits per heavy atom. The molecule has 0 radical (unpaired) electrons. The fourth-order valence-electron chi connectivity index (χ4n) is 2.02. The summed E-state index contributed by atoms with van der Waals surface area (Å²) in [5, 5.41) is 0. The zero-order valence-electron chi connectivity index (χ0n) is 7.45. The molecule has 0 aromatic carbocycles. The molecule has 1 heterocycles. The molecular formula is C10H14N2. The molecule has 0 atom stereocenters. The first-order valence-corrected chi connectivity index (χ1v) is 4.58. The molecule has 0 saturated heterocycles. The summed E-state index contributed by atoms with van der Waals surface area (Å²) in [4.78, 5) is 8.48. The van der Waals surface area contributed by atoms with Crippen LogP contribution in [0.4, 0.5) is 0 Å². The van der Waals surface area contributed by atoms with Crippen molar-refractivity contribution in [2.75, 3.05) is 0 Å². The van der Waals surface area contributed by atoms with Crippen LogP contribution in [0.3, 0.4) is 0 Å². The monoisotopic (exact) mass is 162 g/mol. The Balaban J connectivity index is 2.29. The lowest BCUT2D eigenvalue weighted by Gasteiger charge is -2.21. The Morgan fingerprint density at radius 2 is 2.00 bits per heavy atom. The molecular weight excluding hydrogens is 148 g/mol. The van der Waals surface area contributed by atoms with E-state index >= 15 is 0 Å². The summed E-state index contributed by atoms with van der Waals surface area (Å²) < 4.78 is 0. The molecule has 0 bridgehead atoms. The van der Waals surface area contributed by atoms with Gasteiger partial charge in [0, 0.05) is 24.0 Å². The van der Waals surface area contributed by atoms with Crippen LogP contribution in [0.5, 0.6) is 0 Å². The molecule has 0 N–H and O–H groups in total. The Bertz CT molecular complexity index is 250. The molecule has 0 spiro atoms. The van der Waals surface area contributed by atoms with E-state index in [0.717, 1.165) is 0 Å². The van der Waals surface area contributed by atoms with Crippen molar-refractivity contribution in [1.82, 2.24) is 9.97 Å². The first kappa shape index (κ1) is 7.71. The van der Waals surface area contributed by atoms with E-state index < -0.39 is 0 Å². The first-order valence-electron chi connectivity index (χ1n) is 4.58.